The van der Waals surface area contributed by atoms with E-state index in [0.29, 0.717) is 3.97 Å². The highest BCUT2D eigenvalue weighted by Crippen LogP contribution is 2.37. The predicted molar refractivity (Wildman–Crippen MR) is 82.3 cm³/mol. The van der Waals surface area contributed by atoms with Crippen LogP contribution in [0, 0.1) is 11.3 Å². The monoisotopic (exact) mass is 399 g/mol. The molecule has 130 valence electrons. The van der Waals surface area contributed by atoms with Gasteiger partial charge in [0.15, 0.2) is 11.5 Å². The zero-order valence-electron chi connectivity index (χ0n) is 12.0. The summed E-state index contributed by atoms with van der Waals surface area (Å²) in [5.41, 5.74) is -0.102. The van der Waals surface area contributed by atoms with Gasteiger partial charge in [-0.25, -0.2) is 21.8 Å². The molecule has 7 nitrogen and oxygen atoms in total. The van der Waals surface area contributed by atoms with Crippen LogP contribution in [-0.2, 0) is 10.0 Å². The van der Waals surface area contributed by atoms with E-state index in [4.69, 9.17) is 33.2 Å². The fraction of sp³-hybridized carbons (Fsp3) is 0.333. The van der Waals surface area contributed by atoms with E-state index in [0.717, 1.165) is 18.4 Å². The van der Waals surface area contributed by atoms with Gasteiger partial charge in [-0.15, -0.1) is 11.6 Å². The van der Waals surface area contributed by atoms with Crippen LogP contribution in [0.4, 0.5) is 8.78 Å². The van der Waals surface area contributed by atoms with Crippen molar-refractivity contribution in [2.45, 2.75) is 5.31 Å². The first-order valence-electron chi connectivity index (χ1n) is 6.11. The fourth-order valence-corrected chi connectivity index (χ4v) is 2.95. The minimum atomic E-state index is -3.91. The second kappa shape index (κ2) is 6.58. The smallest absolute Gasteiger partial charge is 0.340 e. The minimum Gasteiger partial charge on any atom is -0.459 e. The van der Waals surface area contributed by atoms with Crippen molar-refractivity contribution in [3.05, 3.63) is 18.0 Å². The lowest BCUT2D eigenvalue weighted by molar-refractivity contribution is 0.0384. The quantitative estimate of drug-likeness (QED) is 0.692. The average molecular weight is 400 g/mol. The fourth-order valence-electron chi connectivity index (χ4n) is 1.91. The molecule has 0 saturated carbocycles. The van der Waals surface area contributed by atoms with Crippen LogP contribution < -0.4 is 9.47 Å². The molecule has 2 rings (SSSR count). The number of rotatable bonds is 6. The van der Waals surface area contributed by atoms with Crippen LogP contribution in [0.5, 0.6) is 11.5 Å². The number of halogens is 4. The van der Waals surface area contributed by atoms with Gasteiger partial charge in [0.1, 0.15) is 11.9 Å². The van der Waals surface area contributed by atoms with Crippen molar-refractivity contribution in [1.29, 1.82) is 5.26 Å². The number of fused-ring (bicyclic) bond motifs is 1. The van der Waals surface area contributed by atoms with Crippen LogP contribution >= 0.6 is 23.2 Å². The van der Waals surface area contributed by atoms with Gasteiger partial charge in [0, 0.05) is 12.1 Å². The number of imidazole rings is 1. The van der Waals surface area contributed by atoms with Crippen molar-refractivity contribution >= 4 is 44.3 Å². The van der Waals surface area contributed by atoms with Crippen molar-refractivity contribution in [3.63, 3.8) is 0 Å². The number of ether oxygens (including phenoxy) is 2. The molecule has 0 spiro atoms. The first-order chi connectivity index (χ1) is 11.1. The van der Waals surface area contributed by atoms with E-state index in [-0.39, 0.29) is 16.8 Å². The van der Waals surface area contributed by atoms with Gasteiger partial charge in [-0.1, -0.05) is 0 Å². The Labute approximate surface area is 145 Å². The van der Waals surface area contributed by atoms with Gasteiger partial charge in [0.2, 0.25) is 22.7 Å². The summed E-state index contributed by atoms with van der Waals surface area (Å²) >= 11 is 10.7. The van der Waals surface area contributed by atoms with E-state index in [2.05, 4.69) is 9.72 Å². The van der Waals surface area contributed by atoms with Gasteiger partial charge in [-0.2, -0.15) is 9.65 Å². The molecular weight excluding hydrogens is 391 g/mol. The number of hydrogen-bond donors (Lipinski definition) is 0. The summed E-state index contributed by atoms with van der Waals surface area (Å²) in [5.74, 6) is -1.91. The summed E-state index contributed by atoms with van der Waals surface area (Å²) in [6.45, 7) is -1.28. The second-order valence-corrected chi connectivity index (χ2v) is 7.15. The third-order valence-corrected chi connectivity index (χ3v) is 4.46. The van der Waals surface area contributed by atoms with Crippen molar-refractivity contribution in [3.8, 4) is 17.6 Å². The largest absolute Gasteiger partial charge is 0.459 e. The molecule has 1 atom stereocenters. The molecule has 12 heteroatoms. The molecule has 1 heterocycles. The van der Waals surface area contributed by atoms with Crippen molar-refractivity contribution in [2.24, 2.45) is 0 Å². The minimum absolute atomic E-state index is 0.00215. The van der Waals surface area contributed by atoms with Crippen molar-refractivity contribution < 1.29 is 26.7 Å². The Morgan fingerprint density at radius 1 is 1.46 bits per heavy atom. The summed E-state index contributed by atoms with van der Waals surface area (Å²) in [4.78, 5) is 3.81. The normalized spacial score (nSPS) is 14.2. The second-order valence-electron chi connectivity index (χ2n) is 4.49. The highest BCUT2D eigenvalue weighted by atomic mass is 35.5. The number of aromatic nitrogens is 2. The van der Waals surface area contributed by atoms with Gasteiger partial charge >= 0.3 is 5.31 Å². The average Bonchev–Trinajstić information content (AvgIpc) is 2.85. The van der Waals surface area contributed by atoms with Crippen LogP contribution in [0.3, 0.4) is 0 Å². The van der Waals surface area contributed by atoms with Gasteiger partial charge in [0.05, 0.1) is 17.3 Å². The molecule has 0 aliphatic rings. The number of hydrogen-bond acceptors (Lipinski definition) is 6. The van der Waals surface area contributed by atoms with Gasteiger partial charge in [-0.3, -0.25) is 0 Å². The summed E-state index contributed by atoms with van der Waals surface area (Å²) in [6.07, 6.45) is 0.848. The standard InChI is InChI=1S/C12H9Cl2F2N3O4S/c1-24(20,21)19-8-3-10(23-12(14,16)5-13)9(22-6-15)2-7(8)18-11(19)4-17/h2-3H,5-6H2,1H3. The first kappa shape index (κ1) is 18.5. The lowest BCUT2D eigenvalue weighted by Gasteiger charge is -2.19. The van der Waals surface area contributed by atoms with Crippen LogP contribution in [0.15, 0.2) is 12.1 Å². The number of alkyl halides is 4. The molecule has 1 aromatic carbocycles. The Bertz CT molecular complexity index is 925. The van der Waals surface area contributed by atoms with E-state index in [1.807, 2.05) is 0 Å². The zero-order chi connectivity index (χ0) is 18.1. The molecule has 2 aromatic rings. The summed E-state index contributed by atoms with van der Waals surface area (Å²) in [5, 5.41) is 6.19. The molecule has 0 saturated heterocycles. The van der Waals surface area contributed by atoms with E-state index >= 15 is 0 Å². The van der Waals surface area contributed by atoms with E-state index in [1.165, 1.54) is 0 Å². The molecule has 0 bridgehead atoms. The zero-order valence-corrected chi connectivity index (χ0v) is 14.3. The van der Waals surface area contributed by atoms with E-state index in [1.54, 1.807) is 6.07 Å². The predicted octanol–water partition coefficient (Wildman–Crippen LogP) is 2.50. The first-order valence-corrected chi connectivity index (χ1v) is 8.87. The molecule has 0 radical (unpaired) electrons. The van der Waals surface area contributed by atoms with Crippen LogP contribution in [0.2, 0.25) is 0 Å². The number of benzene rings is 1. The molecule has 1 unspecified atom stereocenters. The molecule has 1 aromatic heterocycles. The highest BCUT2D eigenvalue weighted by molar-refractivity contribution is 7.89. The third kappa shape index (κ3) is 3.63. The summed E-state index contributed by atoms with van der Waals surface area (Å²) in [7, 11) is -3.91. The van der Waals surface area contributed by atoms with Crippen LogP contribution in [0.25, 0.3) is 11.0 Å². The molecule has 24 heavy (non-hydrogen) atoms. The Morgan fingerprint density at radius 2 is 2.12 bits per heavy atom. The Balaban J connectivity index is 2.77. The van der Waals surface area contributed by atoms with Gasteiger partial charge in [-0.05, 0) is 11.6 Å². The maximum Gasteiger partial charge on any atom is 0.340 e. The molecular formula is C12H9Cl2F2N3O4S. The maximum absolute atomic E-state index is 13.8. The number of nitrogens with zero attached hydrogens (tertiary/aromatic N) is 3. The molecule has 0 amide bonds. The van der Waals surface area contributed by atoms with E-state index in [9.17, 15) is 17.2 Å². The Morgan fingerprint density at radius 3 is 2.62 bits per heavy atom. The number of nitriles is 1. The highest BCUT2D eigenvalue weighted by Gasteiger charge is 2.30. The van der Waals surface area contributed by atoms with Crippen LogP contribution in [0.1, 0.15) is 5.82 Å². The maximum atomic E-state index is 13.8. The topological polar surface area (TPSA) is 94.2 Å². The van der Waals surface area contributed by atoms with Crippen LogP contribution in [-0.4, -0.2) is 41.7 Å². The molecule has 0 N–H and O–H groups in total. The SMILES string of the molecule is CS(=O)(=O)n1c(C#N)nc2cc(OCF)c(OC(F)(Cl)CCl)cc21. The Hall–Kier alpha value is -1.83. The summed E-state index contributed by atoms with van der Waals surface area (Å²) < 4.78 is 60.1. The third-order valence-electron chi connectivity index (χ3n) is 2.73. The lowest BCUT2D eigenvalue weighted by Crippen LogP contribution is -2.25. The van der Waals surface area contributed by atoms with Gasteiger partial charge in [0.25, 0.3) is 0 Å². The van der Waals surface area contributed by atoms with Gasteiger partial charge < -0.3 is 9.47 Å². The molecule has 0 fully saturated rings. The lowest BCUT2D eigenvalue weighted by atomic mass is 10.2. The molecule has 0 aliphatic heterocycles. The van der Waals surface area contributed by atoms with Crippen molar-refractivity contribution in [2.75, 3.05) is 19.0 Å². The summed E-state index contributed by atoms with van der Waals surface area (Å²) in [6, 6.07) is 3.72. The van der Waals surface area contributed by atoms with E-state index < -0.39 is 39.7 Å². The Kier molecular flexibility index (Phi) is 5.08. The van der Waals surface area contributed by atoms with Crippen molar-refractivity contribution in [1.82, 2.24) is 8.96 Å². The molecule has 0 aliphatic carbocycles.